The van der Waals surface area contributed by atoms with Gasteiger partial charge in [-0.2, -0.15) is 9.78 Å². The second-order valence-electron chi connectivity index (χ2n) is 9.71. The van der Waals surface area contributed by atoms with Crippen molar-refractivity contribution < 1.29 is 0 Å². The molecule has 1 aliphatic rings. The summed E-state index contributed by atoms with van der Waals surface area (Å²) in [5.41, 5.74) is 10.7. The molecule has 1 aromatic carbocycles. The van der Waals surface area contributed by atoms with Crippen LogP contribution in [0.4, 0.5) is 11.5 Å². The van der Waals surface area contributed by atoms with Crippen molar-refractivity contribution in [3.8, 4) is 17.2 Å². The van der Waals surface area contributed by atoms with Crippen LogP contribution >= 0.6 is 0 Å². The van der Waals surface area contributed by atoms with E-state index in [1.54, 1.807) is 0 Å². The third-order valence-electron chi connectivity index (χ3n) is 6.16. The van der Waals surface area contributed by atoms with Crippen molar-refractivity contribution in [1.82, 2.24) is 19.5 Å². The lowest BCUT2D eigenvalue weighted by Crippen LogP contribution is -2.32. The molecule has 162 valence electrons. The van der Waals surface area contributed by atoms with Gasteiger partial charge in [0.25, 0.3) is 0 Å². The Balaban J connectivity index is 2.07. The Labute approximate surface area is 184 Å². The molecule has 31 heavy (non-hydrogen) atoms. The van der Waals surface area contributed by atoms with Gasteiger partial charge in [-0.25, -0.2) is 4.98 Å². The number of fused-ring (bicyclic) bond motifs is 1. The Morgan fingerprint density at radius 2 is 2.00 bits per heavy atom. The first-order chi connectivity index (χ1) is 14.6. The summed E-state index contributed by atoms with van der Waals surface area (Å²) < 4.78 is 1.89. The molecule has 0 aliphatic carbocycles. The first kappa shape index (κ1) is 21.1. The molecule has 4 rings (SSSR count). The van der Waals surface area contributed by atoms with Crippen LogP contribution in [0.15, 0.2) is 24.3 Å². The normalized spacial score (nSPS) is 17.0. The van der Waals surface area contributed by atoms with E-state index >= 15 is 0 Å². The number of pyridine rings is 1. The van der Waals surface area contributed by atoms with E-state index in [-0.39, 0.29) is 5.41 Å². The molecule has 1 atom stereocenters. The Bertz CT molecular complexity index is 1180. The molecule has 3 aromatic rings. The molecular weight excluding hydrogens is 386 g/mol. The van der Waals surface area contributed by atoms with Crippen molar-refractivity contribution in [3.63, 3.8) is 0 Å². The largest absolute Gasteiger partial charge is 0.399 e. The van der Waals surface area contributed by atoms with Gasteiger partial charge >= 0.3 is 0 Å². The quantitative estimate of drug-likeness (QED) is 0.655. The van der Waals surface area contributed by atoms with Gasteiger partial charge in [-0.3, -0.25) is 0 Å². The average Bonchev–Trinajstić information content (AvgIpc) is 3.34. The van der Waals surface area contributed by atoms with E-state index in [4.69, 9.17) is 15.8 Å². The van der Waals surface area contributed by atoms with Crippen molar-refractivity contribution >= 4 is 17.2 Å². The molecule has 3 heterocycles. The van der Waals surface area contributed by atoms with E-state index in [2.05, 4.69) is 56.8 Å². The molecular formula is C24H31N7. The number of nitriles is 1. The van der Waals surface area contributed by atoms with Gasteiger partial charge in [0, 0.05) is 35.8 Å². The summed E-state index contributed by atoms with van der Waals surface area (Å²) in [5.74, 6) is 1.72. The molecule has 0 unspecified atom stereocenters. The minimum Gasteiger partial charge on any atom is -0.399 e. The standard InChI is InChI=1S/C24H31N7/c1-15-19(13-25)21-27-23(24(2,3)4)28-31(21)22(30-11-10-18(14-30)29(5)6)20(15)16-8-7-9-17(26)12-16/h7-9,12,18H,10-11,14,26H2,1-6H3/t18-/m0/s1. The molecule has 0 radical (unpaired) electrons. The van der Waals surface area contributed by atoms with Crippen molar-refractivity contribution in [2.24, 2.45) is 0 Å². The number of hydrogen-bond acceptors (Lipinski definition) is 6. The van der Waals surface area contributed by atoms with Crippen LogP contribution in [0, 0.1) is 18.3 Å². The summed E-state index contributed by atoms with van der Waals surface area (Å²) in [5, 5.41) is 15.0. The maximum absolute atomic E-state index is 10.0. The monoisotopic (exact) mass is 417 g/mol. The van der Waals surface area contributed by atoms with Crippen LogP contribution in [-0.2, 0) is 5.41 Å². The molecule has 1 fully saturated rings. The second-order valence-corrected chi connectivity index (χ2v) is 9.71. The van der Waals surface area contributed by atoms with Crippen LogP contribution in [0.5, 0.6) is 0 Å². The van der Waals surface area contributed by atoms with Gasteiger partial charge in [0.1, 0.15) is 17.5 Å². The van der Waals surface area contributed by atoms with Crippen LogP contribution in [0.1, 0.15) is 44.1 Å². The first-order valence-corrected chi connectivity index (χ1v) is 10.7. The fourth-order valence-corrected chi connectivity index (χ4v) is 4.33. The zero-order valence-corrected chi connectivity index (χ0v) is 19.3. The molecule has 0 saturated carbocycles. The van der Waals surface area contributed by atoms with Gasteiger partial charge in [0.15, 0.2) is 11.5 Å². The van der Waals surface area contributed by atoms with Crippen molar-refractivity contribution in [1.29, 1.82) is 5.26 Å². The molecule has 0 amide bonds. The zero-order valence-electron chi connectivity index (χ0n) is 19.3. The molecule has 2 aromatic heterocycles. The Morgan fingerprint density at radius 3 is 2.58 bits per heavy atom. The third kappa shape index (κ3) is 3.61. The highest BCUT2D eigenvalue weighted by molar-refractivity contribution is 5.86. The summed E-state index contributed by atoms with van der Waals surface area (Å²) in [6.45, 7) is 10.1. The van der Waals surface area contributed by atoms with Gasteiger partial charge in [-0.1, -0.05) is 32.9 Å². The topological polar surface area (TPSA) is 86.5 Å². The van der Waals surface area contributed by atoms with Crippen molar-refractivity contribution in [2.75, 3.05) is 37.8 Å². The number of aromatic nitrogens is 3. The predicted octanol–water partition coefficient (Wildman–Crippen LogP) is 3.60. The fourth-order valence-electron chi connectivity index (χ4n) is 4.33. The van der Waals surface area contributed by atoms with E-state index in [1.807, 2.05) is 29.6 Å². The van der Waals surface area contributed by atoms with Crippen molar-refractivity contribution in [2.45, 2.75) is 45.6 Å². The van der Waals surface area contributed by atoms with Crippen LogP contribution in [0.2, 0.25) is 0 Å². The van der Waals surface area contributed by atoms with Gasteiger partial charge < -0.3 is 15.5 Å². The SMILES string of the molecule is Cc1c(-c2cccc(N)c2)c(N2CC[C@H](N(C)C)C2)n2nc(C(C)(C)C)nc2c1C#N. The van der Waals surface area contributed by atoms with E-state index in [0.717, 1.165) is 47.8 Å². The number of nitrogens with two attached hydrogens (primary N) is 1. The van der Waals surface area contributed by atoms with E-state index < -0.39 is 0 Å². The molecule has 1 aliphatic heterocycles. The maximum Gasteiger partial charge on any atom is 0.176 e. The maximum atomic E-state index is 10.0. The number of benzene rings is 1. The minimum atomic E-state index is -0.224. The van der Waals surface area contributed by atoms with Crippen LogP contribution < -0.4 is 10.6 Å². The molecule has 0 spiro atoms. The number of likely N-dealkylation sites (N-methyl/N-ethyl adjacent to an activating group) is 1. The average molecular weight is 418 g/mol. The Kier molecular flexibility index (Phi) is 5.14. The summed E-state index contributed by atoms with van der Waals surface area (Å²) in [4.78, 5) is 9.48. The highest BCUT2D eigenvalue weighted by Crippen LogP contribution is 2.39. The summed E-state index contributed by atoms with van der Waals surface area (Å²) in [7, 11) is 4.25. The van der Waals surface area contributed by atoms with Gasteiger partial charge in [-0.15, -0.1) is 5.10 Å². The minimum absolute atomic E-state index is 0.224. The van der Waals surface area contributed by atoms with E-state index in [0.29, 0.717) is 22.9 Å². The van der Waals surface area contributed by atoms with Gasteiger partial charge in [0.2, 0.25) is 0 Å². The number of nitrogens with zero attached hydrogens (tertiary/aromatic N) is 6. The molecule has 2 N–H and O–H groups in total. The number of anilines is 2. The number of rotatable bonds is 3. The van der Waals surface area contributed by atoms with Crippen LogP contribution in [0.3, 0.4) is 0 Å². The molecule has 0 bridgehead atoms. The van der Waals surface area contributed by atoms with Crippen LogP contribution in [-0.4, -0.2) is 52.7 Å². The summed E-state index contributed by atoms with van der Waals surface area (Å²) in [6.07, 6.45) is 1.07. The van der Waals surface area contributed by atoms with Gasteiger partial charge in [0.05, 0.1) is 0 Å². The summed E-state index contributed by atoms with van der Waals surface area (Å²) >= 11 is 0. The zero-order chi connectivity index (χ0) is 22.5. The smallest absolute Gasteiger partial charge is 0.176 e. The third-order valence-corrected chi connectivity index (χ3v) is 6.16. The molecule has 1 saturated heterocycles. The lowest BCUT2D eigenvalue weighted by molar-refractivity contribution is 0.315. The highest BCUT2D eigenvalue weighted by atomic mass is 15.4. The Hall–Kier alpha value is -3.11. The van der Waals surface area contributed by atoms with E-state index in [1.165, 1.54) is 0 Å². The lowest BCUT2D eigenvalue weighted by Gasteiger charge is -2.26. The molecule has 7 nitrogen and oxygen atoms in total. The number of hydrogen-bond donors (Lipinski definition) is 1. The Morgan fingerprint density at radius 1 is 1.26 bits per heavy atom. The number of nitrogen functional groups attached to an aromatic ring is 1. The first-order valence-electron chi connectivity index (χ1n) is 10.7. The second kappa shape index (κ2) is 7.54. The van der Waals surface area contributed by atoms with Crippen LogP contribution in [0.25, 0.3) is 16.8 Å². The lowest BCUT2D eigenvalue weighted by atomic mass is 9.96. The fraction of sp³-hybridized carbons (Fsp3) is 0.458. The van der Waals surface area contributed by atoms with E-state index in [9.17, 15) is 5.26 Å². The van der Waals surface area contributed by atoms with Gasteiger partial charge in [-0.05, 0) is 50.7 Å². The molecule has 7 heteroatoms. The predicted molar refractivity (Wildman–Crippen MR) is 125 cm³/mol. The highest BCUT2D eigenvalue weighted by Gasteiger charge is 2.32. The summed E-state index contributed by atoms with van der Waals surface area (Å²) in [6, 6.07) is 10.7. The van der Waals surface area contributed by atoms with Crippen molar-refractivity contribution in [3.05, 3.63) is 41.2 Å².